The number of aliphatic hydroxyl groups excluding tert-OH is 1. The van der Waals surface area contributed by atoms with Crippen molar-refractivity contribution >= 4 is 17.7 Å². The molecule has 1 aromatic rings. The molecule has 3 saturated heterocycles. The van der Waals surface area contributed by atoms with Crippen molar-refractivity contribution in [1.29, 1.82) is 0 Å². The molecule has 0 aromatic heterocycles. The predicted octanol–water partition coefficient (Wildman–Crippen LogP) is -0.0704. The first-order valence-electron chi connectivity index (χ1n) is 14.3. The average Bonchev–Trinajstić information content (AvgIpc) is 3.31. The number of carbonyl (C=O) groups is 3. The topological polar surface area (TPSA) is 103 Å². The van der Waals surface area contributed by atoms with Gasteiger partial charge >= 0.3 is 0 Å². The van der Waals surface area contributed by atoms with E-state index < -0.39 is 35.6 Å². The van der Waals surface area contributed by atoms with E-state index in [-0.39, 0.29) is 24.3 Å². The van der Waals surface area contributed by atoms with E-state index in [9.17, 15) is 19.5 Å². The van der Waals surface area contributed by atoms with Gasteiger partial charge in [-0.3, -0.25) is 19.3 Å². The summed E-state index contributed by atoms with van der Waals surface area (Å²) in [4.78, 5) is 49.7. The molecule has 10 nitrogen and oxygen atoms in total. The summed E-state index contributed by atoms with van der Waals surface area (Å²) in [5.41, 5.74) is -0.340. The van der Waals surface area contributed by atoms with Gasteiger partial charge in [0, 0.05) is 46.3 Å². The van der Waals surface area contributed by atoms with E-state index in [1.165, 1.54) is 0 Å². The minimum absolute atomic E-state index is 0.163. The first-order chi connectivity index (χ1) is 19.4. The number of amides is 3. The van der Waals surface area contributed by atoms with Crippen molar-refractivity contribution < 1.29 is 29.0 Å². The predicted molar refractivity (Wildman–Crippen MR) is 146 cm³/mol. The maximum Gasteiger partial charge on any atom is 0.249 e. The van der Waals surface area contributed by atoms with Crippen LogP contribution >= 0.6 is 0 Å². The molecule has 1 aromatic carbocycles. The van der Waals surface area contributed by atoms with Crippen molar-refractivity contribution in [3.8, 4) is 0 Å². The Labute approximate surface area is 234 Å². The number of benzene rings is 1. The first kappa shape index (κ1) is 27.1. The molecule has 40 heavy (non-hydrogen) atoms. The van der Waals surface area contributed by atoms with Crippen LogP contribution in [0.5, 0.6) is 0 Å². The zero-order valence-corrected chi connectivity index (χ0v) is 22.9. The lowest BCUT2D eigenvalue weighted by Gasteiger charge is -2.39. The quantitative estimate of drug-likeness (QED) is 0.474. The Kier molecular flexibility index (Phi) is 7.52. The van der Waals surface area contributed by atoms with Crippen LogP contribution in [-0.4, -0.2) is 132 Å². The van der Waals surface area contributed by atoms with Crippen LogP contribution in [-0.2, 0) is 30.3 Å². The number of hydrogen-bond donors (Lipinski definition) is 1. The van der Waals surface area contributed by atoms with Gasteiger partial charge in [0.25, 0.3) is 0 Å². The normalized spacial score (nSPS) is 33.0. The molecule has 1 unspecified atom stereocenters. The lowest BCUT2D eigenvalue weighted by molar-refractivity contribution is -0.151. The highest BCUT2D eigenvalue weighted by Gasteiger charge is 2.72. The molecule has 3 fully saturated rings. The Morgan fingerprint density at radius 1 is 1.00 bits per heavy atom. The monoisotopic (exact) mass is 550 g/mol. The number of fused-ring (bicyclic) bond motifs is 2. The minimum Gasteiger partial charge on any atom is -0.394 e. The third kappa shape index (κ3) is 4.56. The molecule has 214 valence electrons. The number of likely N-dealkylation sites (N-methyl/N-ethyl adjacent to an activating group) is 1. The number of nitrogens with zero attached hydrogens (tertiary/aromatic N) is 4. The summed E-state index contributed by atoms with van der Waals surface area (Å²) in [7, 11) is 1.72. The van der Waals surface area contributed by atoms with Crippen LogP contribution in [0.15, 0.2) is 54.6 Å². The molecule has 0 bridgehead atoms. The highest BCUT2D eigenvalue weighted by atomic mass is 16.5. The Morgan fingerprint density at radius 3 is 2.52 bits per heavy atom. The SMILES string of the molecule is CN1CC=C[C@@H]2O[C@]34C=CCN(CCN5CCOCC5)C(=O)C3N([C@@H](CO)Cc3ccccc3)C(=O)[C@@H]4[C@@H]2C1=O. The summed E-state index contributed by atoms with van der Waals surface area (Å²) in [6, 6.07) is 8.02. The third-order valence-electron chi connectivity index (χ3n) is 9.09. The number of rotatable bonds is 7. The second-order valence-electron chi connectivity index (χ2n) is 11.4. The molecule has 5 heterocycles. The van der Waals surface area contributed by atoms with Gasteiger partial charge in [-0.05, 0) is 12.0 Å². The largest absolute Gasteiger partial charge is 0.394 e. The van der Waals surface area contributed by atoms with E-state index in [2.05, 4.69) is 4.90 Å². The molecule has 6 rings (SSSR count). The lowest BCUT2D eigenvalue weighted by atomic mass is 9.77. The average molecular weight is 551 g/mol. The molecule has 1 N–H and O–H groups in total. The fraction of sp³-hybridized carbons (Fsp3) is 0.567. The number of ether oxygens (including phenoxy) is 2. The fourth-order valence-electron chi connectivity index (χ4n) is 7.07. The Bertz CT molecular complexity index is 1180. The molecular formula is C30H38N4O6. The van der Waals surface area contributed by atoms with Gasteiger partial charge < -0.3 is 29.3 Å². The van der Waals surface area contributed by atoms with Crippen LogP contribution in [0.3, 0.4) is 0 Å². The molecule has 0 radical (unpaired) electrons. The van der Waals surface area contributed by atoms with Crippen molar-refractivity contribution in [3.05, 3.63) is 60.2 Å². The highest BCUT2D eigenvalue weighted by Crippen LogP contribution is 2.54. The Hall–Kier alpha value is -3.05. The second kappa shape index (κ2) is 11.1. The van der Waals surface area contributed by atoms with Crippen molar-refractivity contribution in [2.45, 2.75) is 30.2 Å². The molecule has 3 amide bonds. The van der Waals surface area contributed by atoms with Gasteiger partial charge in [0.1, 0.15) is 11.6 Å². The van der Waals surface area contributed by atoms with E-state index in [0.29, 0.717) is 45.8 Å². The molecule has 6 atom stereocenters. The van der Waals surface area contributed by atoms with Gasteiger partial charge in [-0.1, -0.05) is 54.6 Å². The lowest BCUT2D eigenvalue weighted by Crippen LogP contribution is -2.59. The summed E-state index contributed by atoms with van der Waals surface area (Å²) >= 11 is 0. The summed E-state index contributed by atoms with van der Waals surface area (Å²) in [6.45, 7) is 4.69. The van der Waals surface area contributed by atoms with Gasteiger partial charge in [0.2, 0.25) is 17.7 Å². The summed E-state index contributed by atoms with van der Waals surface area (Å²) in [6.07, 6.45) is 7.31. The van der Waals surface area contributed by atoms with Crippen LogP contribution in [0.25, 0.3) is 0 Å². The fourth-order valence-corrected chi connectivity index (χ4v) is 7.07. The van der Waals surface area contributed by atoms with Gasteiger partial charge in [0.15, 0.2) is 0 Å². The molecule has 5 aliphatic heterocycles. The Morgan fingerprint density at radius 2 is 1.77 bits per heavy atom. The molecule has 0 saturated carbocycles. The van der Waals surface area contributed by atoms with Crippen LogP contribution < -0.4 is 0 Å². The molecule has 0 aliphatic carbocycles. The summed E-state index contributed by atoms with van der Waals surface area (Å²) < 4.78 is 12.1. The molecular weight excluding hydrogens is 512 g/mol. The van der Waals surface area contributed by atoms with Crippen molar-refractivity contribution in [2.75, 3.05) is 66.1 Å². The smallest absolute Gasteiger partial charge is 0.249 e. The molecule has 10 heteroatoms. The first-order valence-corrected chi connectivity index (χ1v) is 14.3. The number of aliphatic hydroxyl groups is 1. The van der Waals surface area contributed by atoms with Gasteiger partial charge in [-0.25, -0.2) is 0 Å². The third-order valence-corrected chi connectivity index (χ3v) is 9.09. The van der Waals surface area contributed by atoms with Gasteiger partial charge in [0.05, 0.1) is 43.8 Å². The molecule has 1 spiro atoms. The van der Waals surface area contributed by atoms with Crippen LogP contribution in [0, 0.1) is 11.8 Å². The van der Waals surface area contributed by atoms with Crippen molar-refractivity contribution in [1.82, 2.24) is 19.6 Å². The van der Waals surface area contributed by atoms with E-state index in [1.54, 1.807) is 21.7 Å². The van der Waals surface area contributed by atoms with Crippen LogP contribution in [0.4, 0.5) is 0 Å². The van der Waals surface area contributed by atoms with E-state index >= 15 is 0 Å². The maximum absolute atomic E-state index is 14.5. The number of morpholine rings is 1. The number of carbonyl (C=O) groups excluding carboxylic acids is 3. The minimum atomic E-state index is -1.29. The molecule has 5 aliphatic rings. The van der Waals surface area contributed by atoms with E-state index in [4.69, 9.17) is 9.47 Å². The zero-order valence-electron chi connectivity index (χ0n) is 22.9. The van der Waals surface area contributed by atoms with E-state index in [0.717, 1.165) is 18.7 Å². The standard InChI is InChI=1S/C30H38N4O6/c1-31-11-5-9-23-24(27(31)36)25-28(37)34(22(20-35)19-21-7-3-2-4-8-21)26-29(38)33(12-6-10-30(25,26)40-23)14-13-32-15-17-39-18-16-32/h2-10,22-26,35H,11-20H2,1H3/t22-,23+,24-,25+,26?,30+/m1/s1. The number of hydrogen-bond acceptors (Lipinski definition) is 7. The summed E-state index contributed by atoms with van der Waals surface area (Å²) in [5.74, 6) is -2.27. The van der Waals surface area contributed by atoms with Gasteiger partial charge in [-0.2, -0.15) is 0 Å². The number of likely N-dealkylation sites (tertiary alicyclic amines) is 1. The Balaban J connectivity index is 1.37. The van der Waals surface area contributed by atoms with Crippen LogP contribution in [0.1, 0.15) is 5.56 Å². The van der Waals surface area contributed by atoms with Crippen LogP contribution in [0.2, 0.25) is 0 Å². The highest BCUT2D eigenvalue weighted by molar-refractivity contribution is 6.00. The van der Waals surface area contributed by atoms with Crippen molar-refractivity contribution in [3.63, 3.8) is 0 Å². The van der Waals surface area contributed by atoms with E-state index in [1.807, 2.05) is 54.6 Å². The summed E-state index contributed by atoms with van der Waals surface area (Å²) in [5, 5.41) is 10.6. The zero-order chi connectivity index (χ0) is 27.9. The second-order valence-corrected chi connectivity index (χ2v) is 11.4. The van der Waals surface area contributed by atoms with Gasteiger partial charge in [-0.15, -0.1) is 0 Å². The van der Waals surface area contributed by atoms with Crippen molar-refractivity contribution in [2.24, 2.45) is 11.8 Å². The maximum atomic E-state index is 14.5.